The monoisotopic (exact) mass is 415 g/mol. The molecule has 0 unspecified atom stereocenters. The van der Waals surface area contributed by atoms with Crippen LogP contribution in [0.25, 0.3) is 11.0 Å². The summed E-state index contributed by atoms with van der Waals surface area (Å²) in [5, 5.41) is 3.43. The first-order valence-electron chi connectivity index (χ1n) is 9.99. The van der Waals surface area contributed by atoms with E-state index >= 15 is 0 Å². The number of ether oxygens (including phenoxy) is 1. The molecule has 0 saturated carbocycles. The van der Waals surface area contributed by atoms with Crippen molar-refractivity contribution < 1.29 is 9.53 Å². The molecular weight excluding hydrogens is 390 g/mol. The second kappa shape index (κ2) is 8.10. The molecule has 0 aliphatic heterocycles. The molecule has 7 heteroatoms. The van der Waals surface area contributed by atoms with E-state index in [0.29, 0.717) is 17.2 Å². The number of aryl methyl sites for hydroxylation is 2. The van der Waals surface area contributed by atoms with E-state index in [1.54, 1.807) is 32.4 Å². The van der Waals surface area contributed by atoms with Crippen molar-refractivity contribution >= 4 is 28.6 Å². The highest BCUT2D eigenvalue weighted by atomic mass is 16.5. The van der Waals surface area contributed by atoms with Crippen LogP contribution in [0.4, 0.5) is 11.6 Å². The van der Waals surface area contributed by atoms with Gasteiger partial charge in [-0.15, -0.1) is 0 Å². The van der Waals surface area contributed by atoms with Gasteiger partial charge in [0.25, 0.3) is 5.91 Å². The molecule has 2 aromatic carbocycles. The number of carbonyl (C=O) groups excluding carboxylic acids is 1. The Kier molecular flexibility index (Phi) is 5.33. The summed E-state index contributed by atoms with van der Waals surface area (Å²) in [6.45, 7) is 4.19. The number of benzene rings is 2. The molecule has 1 amide bonds. The molecular formula is C24H25N5O2. The van der Waals surface area contributed by atoms with Gasteiger partial charge in [0.15, 0.2) is 0 Å². The number of rotatable bonds is 5. The van der Waals surface area contributed by atoms with Crippen LogP contribution in [0.5, 0.6) is 11.5 Å². The quantitative estimate of drug-likeness (QED) is 0.506. The molecule has 0 atom stereocenters. The van der Waals surface area contributed by atoms with Gasteiger partial charge in [-0.3, -0.25) is 9.78 Å². The molecule has 2 heterocycles. The average Bonchev–Trinajstić information content (AvgIpc) is 3.05. The van der Waals surface area contributed by atoms with Gasteiger partial charge >= 0.3 is 0 Å². The van der Waals surface area contributed by atoms with E-state index in [2.05, 4.69) is 30.2 Å². The minimum absolute atomic E-state index is 0.173. The second-order valence-electron chi connectivity index (χ2n) is 7.70. The molecule has 31 heavy (non-hydrogen) atoms. The number of hydrogen-bond acceptors (Lipinski definition) is 5. The molecule has 158 valence electrons. The minimum atomic E-state index is -0.173. The largest absolute Gasteiger partial charge is 0.457 e. The fourth-order valence-electron chi connectivity index (χ4n) is 3.32. The molecule has 0 saturated heterocycles. The lowest BCUT2D eigenvalue weighted by Crippen LogP contribution is -2.22. The van der Waals surface area contributed by atoms with Crippen LogP contribution in [0.1, 0.15) is 21.6 Å². The molecule has 0 radical (unpaired) electrons. The summed E-state index contributed by atoms with van der Waals surface area (Å²) in [6.07, 6.45) is 1.57. The number of anilines is 2. The summed E-state index contributed by atoms with van der Waals surface area (Å²) < 4.78 is 7.99. The van der Waals surface area contributed by atoms with Crippen LogP contribution in [0.3, 0.4) is 0 Å². The van der Waals surface area contributed by atoms with Gasteiger partial charge in [-0.1, -0.05) is 12.1 Å². The van der Waals surface area contributed by atoms with Gasteiger partial charge in [-0.05, 0) is 49.2 Å². The number of aromatic nitrogens is 3. The van der Waals surface area contributed by atoms with Crippen molar-refractivity contribution in [2.75, 3.05) is 19.4 Å². The lowest BCUT2D eigenvalue weighted by Gasteiger charge is -2.11. The topological polar surface area (TPSA) is 72.3 Å². The van der Waals surface area contributed by atoms with Crippen molar-refractivity contribution in [1.29, 1.82) is 0 Å². The van der Waals surface area contributed by atoms with E-state index in [1.807, 2.05) is 41.9 Å². The van der Waals surface area contributed by atoms with Crippen LogP contribution in [0.15, 0.2) is 54.7 Å². The molecule has 0 fully saturated rings. The van der Waals surface area contributed by atoms with Crippen molar-refractivity contribution in [3.8, 4) is 11.5 Å². The first kappa shape index (κ1) is 20.4. The Morgan fingerprint density at radius 1 is 1.06 bits per heavy atom. The molecule has 2 aromatic heterocycles. The SMILES string of the molecule is Cc1cccc(Nc2nc3cc(Oc4ccnc(C(=O)N(C)C)c4)ccc3n2C)c1C. The van der Waals surface area contributed by atoms with Crippen LogP contribution < -0.4 is 10.1 Å². The summed E-state index contributed by atoms with van der Waals surface area (Å²) in [4.78, 5) is 22.5. The van der Waals surface area contributed by atoms with Crippen molar-refractivity contribution in [3.05, 3.63) is 71.5 Å². The van der Waals surface area contributed by atoms with Gasteiger partial charge in [0.2, 0.25) is 5.95 Å². The molecule has 0 aliphatic carbocycles. The van der Waals surface area contributed by atoms with Crippen molar-refractivity contribution in [2.45, 2.75) is 13.8 Å². The van der Waals surface area contributed by atoms with Crippen molar-refractivity contribution in [3.63, 3.8) is 0 Å². The van der Waals surface area contributed by atoms with Crippen molar-refractivity contribution in [2.24, 2.45) is 7.05 Å². The molecule has 0 bridgehead atoms. The van der Waals surface area contributed by atoms with Gasteiger partial charge in [-0.2, -0.15) is 0 Å². The zero-order valence-electron chi connectivity index (χ0n) is 18.3. The minimum Gasteiger partial charge on any atom is -0.457 e. The van der Waals surface area contributed by atoms with Gasteiger partial charge in [0, 0.05) is 45.2 Å². The smallest absolute Gasteiger partial charge is 0.272 e. The van der Waals surface area contributed by atoms with E-state index in [1.165, 1.54) is 16.0 Å². The highest BCUT2D eigenvalue weighted by Crippen LogP contribution is 2.29. The average molecular weight is 415 g/mol. The number of nitrogens with zero attached hydrogens (tertiary/aromatic N) is 4. The van der Waals surface area contributed by atoms with E-state index < -0.39 is 0 Å². The summed E-state index contributed by atoms with van der Waals surface area (Å²) in [5.74, 6) is 1.76. The maximum absolute atomic E-state index is 12.1. The highest BCUT2D eigenvalue weighted by molar-refractivity contribution is 5.92. The molecule has 4 aromatic rings. The lowest BCUT2D eigenvalue weighted by molar-refractivity contribution is 0.0821. The maximum Gasteiger partial charge on any atom is 0.272 e. The Morgan fingerprint density at radius 2 is 1.84 bits per heavy atom. The Balaban J connectivity index is 1.61. The van der Waals surface area contributed by atoms with Gasteiger partial charge in [0.1, 0.15) is 17.2 Å². The first-order chi connectivity index (χ1) is 14.8. The fraction of sp³-hybridized carbons (Fsp3) is 0.208. The summed E-state index contributed by atoms with van der Waals surface area (Å²) in [5.41, 5.74) is 5.58. The normalized spacial score (nSPS) is 10.9. The third-order valence-corrected chi connectivity index (χ3v) is 5.30. The molecule has 0 aliphatic rings. The number of fused-ring (bicyclic) bond motifs is 1. The van der Waals surface area contributed by atoms with Crippen LogP contribution in [-0.2, 0) is 7.05 Å². The third kappa shape index (κ3) is 4.07. The number of hydrogen-bond donors (Lipinski definition) is 1. The van der Waals surface area contributed by atoms with E-state index in [0.717, 1.165) is 22.7 Å². The predicted molar refractivity (Wildman–Crippen MR) is 122 cm³/mol. The fourth-order valence-corrected chi connectivity index (χ4v) is 3.32. The summed E-state index contributed by atoms with van der Waals surface area (Å²) >= 11 is 0. The molecule has 4 rings (SSSR count). The lowest BCUT2D eigenvalue weighted by atomic mass is 10.1. The maximum atomic E-state index is 12.1. The summed E-state index contributed by atoms with van der Waals surface area (Å²) in [6, 6.07) is 15.3. The number of nitrogens with one attached hydrogen (secondary N) is 1. The van der Waals surface area contributed by atoms with Gasteiger partial charge in [0.05, 0.1) is 11.0 Å². The third-order valence-electron chi connectivity index (χ3n) is 5.30. The Hall–Kier alpha value is -3.87. The standard InChI is InChI=1S/C24H25N5O2/c1-15-7-6-8-19(16(15)2)26-24-27-20-13-17(9-10-22(20)29(24)5)31-18-11-12-25-21(14-18)23(30)28(3)4/h6-14H,1-5H3,(H,26,27). The predicted octanol–water partition coefficient (Wildman–Crippen LogP) is 4.82. The first-order valence-corrected chi connectivity index (χ1v) is 9.99. The van der Waals surface area contributed by atoms with Crippen LogP contribution in [0, 0.1) is 13.8 Å². The van der Waals surface area contributed by atoms with Gasteiger partial charge < -0.3 is 19.5 Å². The molecule has 7 nitrogen and oxygen atoms in total. The van der Waals surface area contributed by atoms with Crippen LogP contribution >= 0.6 is 0 Å². The number of imidazole rings is 1. The van der Waals surface area contributed by atoms with Crippen molar-refractivity contribution in [1.82, 2.24) is 19.4 Å². The van der Waals surface area contributed by atoms with Crippen LogP contribution in [-0.4, -0.2) is 39.4 Å². The second-order valence-corrected chi connectivity index (χ2v) is 7.70. The van der Waals surface area contributed by atoms with E-state index in [4.69, 9.17) is 9.72 Å². The molecule has 0 spiro atoms. The Bertz CT molecular complexity index is 1280. The highest BCUT2D eigenvalue weighted by Gasteiger charge is 2.13. The van der Waals surface area contributed by atoms with Gasteiger partial charge in [-0.25, -0.2) is 4.98 Å². The zero-order chi connectivity index (χ0) is 22.1. The van der Waals surface area contributed by atoms with E-state index in [-0.39, 0.29) is 5.91 Å². The number of pyridine rings is 1. The summed E-state index contributed by atoms with van der Waals surface area (Å²) in [7, 11) is 5.36. The van der Waals surface area contributed by atoms with E-state index in [9.17, 15) is 4.79 Å². The van der Waals surface area contributed by atoms with Crippen LogP contribution in [0.2, 0.25) is 0 Å². The zero-order valence-corrected chi connectivity index (χ0v) is 18.3. The molecule has 1 N–H and O–H groups in total. The Labute approximate surface area is 181 Å². The number of amides is 1. The Morgan fingerprint density at radius 3 is 2.61 bits per heavy atom. The number of carbonyl (C=O) groups is 1.